The summed E-state index contributed by atoms with van der Waals surface area (Å²) in [4.78, 5) is 37.6. The van der Waals surface area contributed by atoms with Crippen LogP contribution in [0.1, 0.15) is 23.8 Å². The third kappa shape index (κ3) is 6.49. The Balaban J connectivity index is 1.67. The summed E-state index contributed by atoms with van der Waals surface area (Å²) in [7, 11) is 0. The Bertz CT molecular complexity index is 1240. The second kappa shape index (κ2) is 11.1. The third-order valence-corrected chi connectivity index (χ3v) is 7.31. The van der Waals surface area contributed by atoms with Crippen LogP contribution in [0.4, 0.5) is 17.6 Å². The number of benzene rings is 1. The highest BCUT2D eigenvalue weighted by atomic mass is 32.2. The minimum Gasteiger partial charge on any atom is -0.479 e. The summed E-state index contributed by atoms with van der Waals surface area (Å²) in [5.41, 5.74) is -0.786. The first-order chi connectivity index (χ1) is 16.8. The monoisotopic (exact) mass is 562 g/mol. The normalized spacial score (nSPS) is 16.9. The number of carbonyl (C=O) groups is 3. The van der Waals surface area contributed by atoms with Crippen molar-refractivity contribution < 1.29 is 42.2 Å². The molecule has 3 N–H and O–H groups in total. The van der Waals surface area contributed by atoms with E-state index < -0.39 is 47.5 Å². The third-order valence-electron chi connectivity index (χ3n) is 5.05. The predicted molar refractivity (Wildman–Crippen MR) is 130 cm³/mol. The zero-order chi connectivity index (χ0) is 26.8. The number of thioether (sulfide) groups is 1. The van der Waals surface area contributed by atoms with Gasteiger partial charge < -0.3 is 15.5 Å². The molecule has 1 saturated heterocycles. The Kier molecular flexibility index (Phi) is 8.54. The highest BCUT2D eigenvalue weighted by Gasteiger charge is 2.35. The lowest BCUT2D eigenvalue weighted by atomic mass is 10.0. The van der Waals surface area contributed by atoms with Gasteiger partial charge in [-0.3, -0.25) is 14.5 Å². The SMILES string of the molecule is C[C@@H](NC(=O)CCN1C(=O)C(=Cc2cc(-c3ccc(F)c(C(F)(F)F)c3)cs2)SC1=S)[C@@H](O)C(=O)O. The van der Waals surface area contributed by atoms with Gasteiger partial charge >= 0.3 is 12.1 Å². The number of alkyl halides is 3. The zero-order valence-corrected chi connectivity index (χ0v) is 20.8. The number of rotatable bonds is 8. The van der Waals surface area contributed by atoms with Crippen molar-refractivity contribution in [2.24, 2.45) is 0 Å². The fourth-order valence-corrected chi connectivity index (χ4v) is 5.38. The largest absolute Gasteiger partial charge is 0.479 e. The molecule has 2 heterocycles. The Morgan fingerprint density at radius 1 is 1.25 bits per heavy atom. The van der Waals surface area contributed by atoms with E-state index in [1.54, 1.807) is 11.4 Å². The molecule has 1 aromatic heterocycles. The number of halogens is 4. The Hall–Kier alpha value is -2.81. The maximum Gasteiger partial charge on any atom is 0.419 e. The lowest BCUT2D eigenvalue weighted by molar-refractivity contribution is -0.148. The number of hydrogen-bond donors (Lipinski definition) is 3. The molecule has 0 spiro atoms. The number of carboxylic acids is 1. The van der Waals surface area contributed by atoms with Gasteiger partial charge in [0.05, 0.1) is 16.5 Å². The van der Waals surface area contributed by atoms with Gasteiger partial charge in [0, 0.05) is 17.8 Å². The fourth-order valence-electron chi connectivity index (χ4n) is 3.16. The Morgan fingerprint density at radius 2 is 1.94 bits per heavy atom. The van der Waals surface area contributed by atoms with Crippen molar-refractivity contribution in [3.63, 3.8) is 0 Å². The number of thiocarbonyl (C=S) groups is 1. The zero-order valence-electron chi connectivity index (χ0n) is 18.3. The summed E-state index contributed by atoms with van der Waals surface area (Å²) in [6.07, 6.45) is -5.28. The first-order valence-electron chi connectivity index (χ1n) is 10.2. The maximum atomic E-state index is 13.6. The number of aliphatic carboxylic acids is 1. The number of nitrogens with zero attached hydrogens (tertiary/aromatic N) is 1. The maximum absolute atomic E-state index is 13.6. The molecule has 0 aliphatic carbocycles. The minimum atomic E-state index is -4.84. The number of aliphatic hydroxyl groups excluding tert-OH is 1. The van der Waals surface area contributed by atoms with Gasteiger partial charge in [-0.05, 0) is 47.7 Å². The second-order valence-corrected chi connectivity index (χ2v) is 10.3. The van der Waals surface area contributed by atoms with Gasteiger partial charge in [0.2, 0.25) is 5.91 Å². The van der Waals surface area contributed by atoms with Gasteiger partial charge in [-0.15, -0.1) is 11.3 Å². The molecule has 3 rings (SSSR count). The van der Waals surface area contributed by atoms with E-state index in [1.165, 1.54) is 35.3 Å². The van der Waals surface area contributed by atoms with Gasteiger partial charge in [-0.1, -0.05) is 30.0 Å². The Morgan fingerprint density at radius 3 is 2.58 bits per heavy atom. The van der Waals surface area contributed by atoms with Crippen LogP contribution in [0.3, 0.4) is 0 Å². The molecule has 192 valence electrons. The van der Waals surface area contributed by atoms with E-state index >= 15 is 0 Å². The van der Waals surface area contributed by atoms with Crippen LogP contribution in [0.25, 0.3) is 17.2 Å². The van der Waals surface area contributed by atoms with Crippen LogP contribution in [0.5, 0.6) is 0 Å². The van der Waals surface area contributed by atoms with E-state index in [4.69, 9.17) is 17.3 Å². The van der Waals surface area contributed by atoms with Crippen LogP contribution in [0, 0.1) is 5.82 Å². The molecule has 1 aromatic carbocycles. The van der Waals surface area contributed by atoms with Gasteiger partial charge in [-0.2, -0.15) is 13.2 Å². The van der Waals surface area contributed by atoms with E-state index in [2.05, 4.69) is 5.32 Å². The molecule has 1 fully saturated rings. The number of carboxylic acid groups (broad SMARTS) is 1. The van der Waals surface area contributed by atoms with Crippen LogP contribution in [-0.4, -0.2) is 55.9 Å². The van der Waals surface area contributed by atoms with Crippen LogP contribution in [0.2, 0.25) is 0 Å². The quantitative estimate of drug-likeness (QED) is 0.253. The van der Waals surface area contributed by atoms with Crippen LogP contribution in [0.15, 0.2) is 34.6 Å². The smallest absolute Gasteiger partial charge is 0.419 e. The van der Waals surface area contributed by atoms with Crippen LogP contribution < -0.4 is 5.32 Å². The summed E-state index contributed by atoms with van der Waals surface area (Å²) in [6, 6.07) is 3.23. The molecule has 2 amide bonds. The average Bonchev–Trinajstić information content (AvgIpc) is 3.35. The molecule has 7 nitrogen and oxygen atoms in total. The predicted octanol–water partition coefficient (Wildman–Crippen LogP) is 4.11. The standard InChI is InChI=1S/C22H18F4N2O5S3/c1-10(18(30)20(32)33)27-17(29)4-5-28-19(31)16(36-21(28)34)8-13-6-12(9-35-13)11-2-3-15(23)14(7-11)22(24,25)26/h2-3,6-10,18,30H,4-5H2,1H3,(H,27,29)(H,32,33)/t10-,18-/m1/s1. The molecule has 36 heavy (non-hydrogen) atoms. The fraction of sp³-hybridized carbons (Fsp3) is 0.273. The molecule has 0 bridgehead atoms. The highest BCUT2D eigenvalue weighted by Crippen LogP contribution is 2.37. The summed E-state index contributed by atoms with van der Waals surface area (Å²) in [5, 5.41) is 22.1. The van der Waals surface area contributed by atoms with Crippen molar-refractivity contribution in [1.82, 2.24) is 10.2 Å². The molecule has 1 aliphatic rings. The number of thiophene rings is 1. The molecule has 2 atom stereocenters. The molecule has 0 unspecified atom stereocenters. The van der Waals surface area contributed by atoms with Crippen LogP contribution >= 0.6 is 35.3 Å². The number of carbonyl (C=O) groups excluding carboxylic acids is 2. The lowest BCUT2D eigenvalue weighted by Gasteiger charge is -2.18. The van der Waals surface area contributed by atoms with Gasteiger partial charge in [0.1, 0.15) is 10.1 Å². The average molecular weight is 563 g/mol. The van der Waals surface area contributed by atoms with Gasteiger partial charge in [0.15, 0.2) is 6.10 Å². The number of amides is 2. The number of nitrogens with one attached hydrogen (secondary N) is 1. The first kappa shape index (κ1) is 27.8. The van der Waals surface area contributed by atoms with E-state index in [0.717, 1.165) is 23.9 Å². The van der Waals surface area contributed by atoms with E-state index in [1.807, 2.05) is 0 Å². The topological polar surface area (TPSA) is 107 Å². The van der Waals surface area contributed by atoms with E-state index in [-0.39, 0.29) is 27.8 Å². The highest BCUT2D eigenvalue weighted by molar-refractivity contribution is 8.26. The Labute approximate surface area is 215 Å². The first-order valence-corrected chi connectivity index (χ1v) is 12.3. The number of aliphatic hydroxyl groups is 1. The summed E-state index contributed by atoms with van der Waals surface area (Å²) in [5.74, 6) is -3.90. The van der Waals surface area contributed by atoms with E-state index in [0.29, 0.717) is 10.4 Å². The second-order valence-electron chi connectivity index (χ2n) is 7.65. The number of hydrogen-bond acceptors (Lipinski definition) is 7. The van der Waals surface area contributed by atoms with Crippen molar-refractivity contribution >= 4 is 63.5 Å². The van der Waals surface area contributed by atoms with Crippen molar-refractivity contribution in [3.05, 3.63) is 50.8 Å². The molecule has 2 aromatic rings. The molecule has 14 heteroatoms. The lowest BCUT2D eigenvalue weighted by Crippen LogP contribution is -2.45. The minimum absolute atomic E-state index is 0.0742. The van der Waals surface area contributed by atoms with E-state index in [9.17, 15) is 37.1 Å². The molecular weight excluding hydrogens is 544 g/mol. The molecule has 1 aliphatic heterocycles. The van der Waals surface area contributed by atoms with Crippen molar-refractivity contribution in [2.45, 2.75) is 31.7 Å². The molecule has 0 saturated carbocycles. The summed E-state index contributed by atoms with van der Waals surface area (Å²) in [6.45, 7) is 1.25. The molecular formula is C22H18F4N2O5S3. The summed E-state index contributed by atoms with van der Waals surface area (Å²) < 4.78 is 52.8. The van der Waals surface area contributed by atoms with Crippen molar-refractivity contribution in [2.75, 3.05) is 6.54 Å². The summed E-state index contributed by atoms with van der Waals surface area (Å²) >= 11 is 7.37. The van der Waals surface area contributed by atoms with Crippen LogP contribution in [-0.2, 0) is 20.6 Å². The van der Waals surface area contributed by atoms with Crippen molar-refractivity contribution in [1.29, 1.82) is 0 Å². The van der Waals surface area contributed by atoms with Gasteiger partial charge in [-0.25, -0.2) is 9.18 Å². The molecule has 0 radical (unpaired) electrons. The van der Waals surface area contributed by atoms with Gasteiger partial charge in [0.25, 0.3) is 5.91 Å². The van der Waals surface area contributed by atoms with Crippen molar-refractivity contribution in [3.8, 4) is 11.1 Å².